The summed E-state index contributed by atoms with van der Waals surface area (Å²) >= 11 is 3.46. The topological polar surface area (TPSA) is 47.6 Å². The van der Waals surface area contributed by atoms with E-state index in [1.54, 1.807) is 6.07 Å². The highest BCUT2D eigenvalue weighted by atomic mass is 79.9. The van der Waals surface area contributed by atoms with Gasteiger partial charge in [-0.2, -0.15) is 0 Å². The van der Waals surface area contributed by atoms with Gasteiger partial charge in [0.2, 0.25) is 5.91 Å². The average molecular weight is 376 g/mol. The second-order valence-electron chi connectivity index (χ2n) is 5.54. The lowest BCUT2D eigenvalue weighted by Crippen LogP contribution is -2.17. The van der Waals surface area contributed by atoms with Crippen molar-refractivity contribution in [1.29, 1.82) is 0 Å². The molecule has 1 heterocycles. The Morgan fingerprint density at radius 2 is 1.83 bits per heavy atom. The van der Waals surface area contributed by atoms with E-state index in [4.69, 9.17) is 9.47 Å². The van der Waals surface area contributed by atoms with Crippen LogP contribution in [0.1, 0.15) is 24.8 Å². The van der Waals surface area contributed by atoms with Crippen molar-refractivity contribution in [1.82, 2.24) is 0 Å². The number of carbonyl (C=O) groups excluding carboxylic acids is 1. The van der Waals surface area contributed by atoms with Crippen LogP contribution in [0.4, 0.5) is 5.69 Å². The van der Waals surface area contributed by atoms with E-state index in [0.29, 0.717) is 36.8 Å². The molecule has 1 aliphatic heterocycles. The van der Waals surface area contributed by atoms with Crippen molar-refractivity contribution in [3.05, 3.63) is 52.5 Å². The first kappa shape index (κ1) is 15.9. The molecule has 0 saturated carbocycles. The number of ether oxygens (including phenoxy) is 2. The van der Waals surface area contributed by atoms with Crippen LogP contribution >= 0.6 is 15.9 Å². The van der Waals surface area contributed by atoms with Crippen LogP contribution in [0.2, 0.25) is 0 Å². The Morgan fingerprint density at radius 1 is 1.17 bits per heavy atom. The fraction of sp³-hybridized carbons (Fsp3) is 0.278. The summed E-state index contributed by atoms with van der Waals surface area (Å²) < 4.78 is 11.9. The molecule has 5 heteroatoms. The van der Waals surface area contributed by atoms with Gasteiger partial charge in [-0.25, -0.2) is 0 Å². The van der Waals surface area contributed by atoms with Gasteiger partial charge in [0.1, 0.15) is 13.2 Å². The Labute approximate surface area is 143 Å². The lowest BCUT2D eigenvalue weighted by atomic mass is 9.97. The third kappa shape index (κ3) is 3.85. The molecule has 1 unspecified atom stereocenters. The molecule has 0 bridgehead atoms. The van der Waals surface area contributed by atoms with E-state index in [0.717, 1.165) is 10.0 Å². The van der Waals surface area contributed by atoms with Crippen molar-refractivity contribution in [2.45, 2.75) is 19.3 Å². The molecule has 0 fully saturated rings. The molecular weight excluding hydrogens is 358 g/mol. The Balaban J connectivity index is 1.68. The molecule has 1 amide bonds. The van der Waals surface area contributed by atoms with Crippen LogP contribution in [0.5, 0.6) is 11.5 Å². The predicted molar refractivity (Wildman–Crippen MR) is 93.2 cm³/mol. The van der Waals surface area contributed by atoms with Gasteiger partial charge in [0.05, 0.1) is 5.69 Å². The number of amides is 1. The molecule has 23 heavy (non-hydrogen) atoms. The van der Waals surface area contributed by atoms with Gasteiger partial charge >= 0.3 is 0 Å². The standard InChI is InChI=1S/C18H18BrNO3/c1-12(13-5-3-2-4-6-13)9-18(21)20-15-11-17-16(10-14(15)19)22-7-8-23-17/h2-6,10-12H,7-9H2,1H3,(H,20,21). The lowest BCUT2D eigenvalue weighted by Gasteiger charge is -2.20. The fourth-order valence-electron chi connectivity index (χ4n) is 2.54. The first-order valence-electron chi connectivity index (χ1n) is 7.57. The van der Waals surface area contributed by atoms with Crippen LogP contribution in [0.15, 0.2) is 46.9 Å². The summed E-state index contributed by atoms with van der Waals surface area (Å²) in [7, 11) is 0. The minimum absolute atomic E-state index is 0.0290. The monoisotopic (exact) mass is 375 g/mol. The van der Waals surface area contributed by atoms with Crippen molar-refractivity contribution in [3.8, 4) is 11.5 Å². The summed E-state index contributed by atoms with van der Waals surface area (Å²) in [4.78, 5) is 12.3. The van der Waals surface area contributed by atoms with Crippen LogP contribution in [0, 0.1) is 0 Å². The van der Waals surface area contributed by atoms with Gasteiger partial charge in [-0.15, -0.1) is 0 Å². The Bertz CT molecular complexity index is 703. The van der Waals surface area contributed by atoms with Gasteiger partial charge < -0.3 is 14.8 Å². The van der Waals surface area contributed by atoms with E-state index in [2.05, 4.69) is 21.2 Å². The number of benzene rings is 2. The van der Waals surface area contributed by atoms with Gasteiger partial charge in [0.15, 0.2) is 11.5 Å². The van der Waals surface area contributed by atoms with Gasteiger partial charge in [0.25, 0.3) is 0 Å². The van der Waals surface area contributed by atoms with Gasteiger partial charge in [-0.1, -0.05) is 37.3 Å². The zero-order chi connectivity index (χ0) is 16.2. The number of nitrogens with one attached hydrogen (secondary N) is 1. The van der Waals surface area contributed by atoms with Crippen LogP contribution < -0.4 is 14.8 Å². The van der Waals surface area contributed by atoms with Crippen molar-refractivity contribution in [2.75, 3.05) is 18.5 Å². The first-order valence-corrected chi connectivity index (χ1v) is 8.36. The Hall–Kier alpha value is -2.01. The molecule has 1 atom stereocenters. The highest BCUT2D eigenvalue weighted by Crippen LogP contribution is 2.38. The molecule has 0 aromatic heterocycles. The molecule has 1 aliphatic rings. The number of rotatable bonds is 4. The highest BCUT2D eigenvalue weighted by Gasteiger charge is 2.17. The van der Waals surface area contributed by atoms with E-state index in [1.165, 1.54) is 0 Å². The van der Waals surface area contributed by atoms with E-state index in [1.807, 2.05) is 43.3 Å². The van der Waals surface area contributed by atoms with E-state index in [-0.39, 0.29) is 11.8 Å². The summed E-state index contributed by atoms with van der Waals surface area (Å²) in [5.74, 6) is 1.48. The maximum atomic E-state index is 12.3. The SMILES string of the molecule is CC(CC(=O)Nc1cc2c(cc1Br)OCCO2)c1ccccc1. The van der Waals surface area contributed by atoms with Crippen LogP contribution in [0.3, 0.4) is 0 Å². The van der Waals surface area contributed by atoms with Crippen LogP contribution in [-0.2, 0) is 4.79 Å². The summed E-state index contributed by atoms with van der Waals surface area (Å²) in [6.45, 7) is 3.11. The van der Waals surface area contributed by atoms with E-state index in [9.17, 15) is 4.79 Å². The second kappa shape index (κ2) is 7.04. The van der Waals surface area contributed by atoms with E-state index >= 15 is 0 Å². The molecular formula is C18H18BrNO3. The number of hydrogen-bond acceptors (Lipinski definition) is 3. The molecule has 1 N–H and O–H groups in total. The van der Waals surface area contributed by atoms with Crippen molar-refractivity contribution < 1.29 is 14.3 Å². The molecule has 0 spiro atoms. The highest BCUT2D eigenvalue weighted by molar-refractivity contribution is 9.10. The number of fused-ring (bicyclic) bond motifs is 1. The number of anilines is 1. The number of carbonyl (C=O) groups is 1. The maximum absolute atomic E-state index is 12.3. The molecule has 0 saturated heterocycles. The number of hydrogen-bond donors (Lipinski definition) is 1. The fourth-order valence-corrected chi connectivity index (χ4v) is 2.96. The second-order valence-corrected chi connectivity index (χ2v) is 6.39. The molecule has 2 aromatic rings. The maximum Gasteiger partial charge on any atom is 0.225 e. The molecule has 0 aliphatic carbocycles. The molecule has 4 nitrogen and oxygen atoms in total. The van der Waals surface area contributed by atoms with Crippen LogP contribution in [-0.4, -0.2) is 19.1 Å². The predicted octanol–water partition coefficient (Wildman–Crippen LogP) is 4.35. The smallest absolute Gasteiger partial charge is 0.225 e. The Morgan fingerprint density at radius 3 is 2.52 bits per heavy atom. The summed E-state index contributed by atoms with van der Waals surface area (Å²) in [6, 6.07) is 13.6. The minimum Gasteiger partial charge on any atom is -0.486 e. The lowest BCUT2D eigenvalue weighted by molar-refractivity contribution is -0.116. The third-order valence-electron chi connectivity index (χ3n) is 3.77. The van der Waals surface area contributed by atoms with Gasteiger partial charge in [0, 0.05) is 23.0 Å². The van der Waals surface area contributed by atoms with Gasteiger partial charge in [-0.3, -0.25) is 4.79 Å². The van der Waals surface area contributed by atoms with Gasteiger partial charge in [-0.05, 0) is 27.4 Å². The minimum atomic E-state index is -0.0290. The largest absolute Gasteiger partial charge is 0.486 e. The molecule has 3 rings (SSSR count). The summed E-state index contributed by atoms with van der Waals surface area (Å²) in [6.07, 6.45) is 0.422. The summed E-state index contributed by atoms with van der Waals surface area (Å²) in [5, 5.41) is 2.94. The van der Waals surface area contributed by atoms with E-state index < -0.39 is 0 Å². The van der Waals surface area contributed by atoms with Crippen molar-refractivity contribution >= 4 is 27.5 Å². The molecule has 120 valence electrons. The van der Waals surface area contributed by atoms with Crippen LogP contribution in [0.25, 0.3) is 0 Å². The number of halogens is 1. The normalized spacial score (nSPS) is 14.2. The van der Waals surface area contributed by atoms with Crippen molar-refractivity contribution in [3.63, 3.8) is 0 Å². The summed E-state index contributed by atoms with van der Waals surface area (Å²) in [5.41, 5.74) is 1.85. The average Bonchev–Trinajstić information content (AvgIpc) is 2.56. The molecule has 0 radical (unpaired) electrons. The third-order valence-corrected chi connectivity index (χ3v) is 4.42. The first-order chi connectivity index (χ1) is 11.1. The van der Waals surface area contributed by atoms with Crippen molar-refractivity contribution in [2.24, 2.45) is 0 Å². The zero-order valence-electron chi connectivity index (χ0n) is 12.8. The zero-order valence-corrected chi connectivity index (χ0v) is 14.4. The molecule has 2 aromatic carbocycles. The Kier molecular flexibility index (Phi) is 4.86. The quantitative estimate of drug-likeness (QED) is 0.863.